The summed E-state index contributed by atoms with van der Waals surface area (Å²) in [7, 11) is 0. The van der Waals surface area contributed by atoms with Crippen LogP contribution in [0, 0.1) is 22.7 Å². The average Bonchev–Trinajstić information content (AvgIpc) is 2.87. The van der Waals surface area contributed by atoms with E-state index in [2.05, 4.69) is 17.1 Å². The van der Waals surface area contributed by atoms with Crippen LogP contribution >= 0.6 is 35.0 Å². The number of Topliss-reactive ketones (excluding diaryl/α,β-unsaturated/α-hetero) is 1. The van der Waals surface area contributed by atoms with Gasteiger partial charge in [0.05, 0.1) is 10.8 Å². The first-order valence-electron chi connectivity index (χ1n) is 10.3. The minimum Gasteiger partial charge on any atom is -0.383 e. The maximum Gasteiger partial charge on any atom is 0.180 e. The zero-order chi connectivity index (χ0) is 24.9. The maximum absolute atomic E-state index is 13.6. The van der Waals surface area contributed by atoms with E-state index in [-0.39, 0.29) is 27.8 Å². The van der Waals surface area contributed by atoms with Gasteiger partial charge in [-0.25, -0.2) is 4.98 Å². The van der Waals surface area contributed by atoms with Gasteiger partial charge in [0, 0.05) is 21.2 Å². The number of benzene rings is 3. The van der Waals surface area contributed by atoms with E-state index in [0.717, 1.165) is 17.3 Å². The summed E-state index contributed by atoms with van der Waals surface area (Å²) >= 11 is 13.3. The van der Waals surface area contributed by atoms with Crippen LogP contribution in [0.2, 0.25) is 10.0 Å². The molecule has 0 aliphatic heterocycles. The molecule has 0 bridgehead atoms. The number of halogens is 2. The fourth-order valence-electron chi connectivity index (χ4n) is 3.59. The number of nitrogen functional groups attached to an aromatic ring is 1. The highest BCUT2D eigenvalue weighted by atomic mass is 35.5. The minimum absolute atomic E-state index is 0.0327. The van der Waals surface area contributed by atoms with Crippen molar-refractivity contribution >= 4 is 46.6 Å². The van der Waals surface area contributed by atoms with Gasteiger partial charge >= 0.3 is 0 Å². The second-order valence-electron chi connectivity index (χ2n) is 7.44. The number of nitriles is 2. The molecule has 2 N–H and O–H groups in total. The van der Waals surface area contributed by atoms with Crippen LogP contribution in [0.3, 0.4) is 0 Å². The summed E-state index contributed by atoms with van der Waals surface area (Å²) < 4.78 is 0. The number of carbonyl (C=O) groups excluding carboxylic acids is 1. The molecule has 8 heteroatoms. The molecule has 0 saturated carbocycles. The summed E-state index contributed by atoms with van der Waals surface area (Å²) in [6, 6.07) is 26.8. The SMILES string of the molecule is N#Cc1c(N)nc(SC(C(=O)c2ccc(Cl)cc2)c2ccccc2)c(C#N)c1-c1cccc(Cl)c1. The van der Waals surface area contributed by atoms with Crippen LogP contribution in [-0.4, -0.2) is 10.8 Å². The van der Waals surface area contributed by atoms with Crippen molar-refractivity contribution in [2.75, 3.05) is 5.73 Å². The lowest BCUT2D eigenvalue weighted by Gasteiger charge is -2.19. The Bertz CT molecular complexity index is 1490. The maximum atomic E-state index is 13.6. The molecule has 170 valence electrons. The summed E-state index contributed by atoms with van der Waals surface area (Å²) in [5.41, 5.74) is 8.47. The van der Waals surface area contributed by atoms with Gasteiger partial charge in [-0.3, -0.25) is 4.79 Å². The number of hydrogen-bond acceptors (Lipinski definition) is 6. The fourth-order valence-corrected chi connectivity index (χ4v) is 5.09. The van der Waals surface area contributed by atoms with Gasteiger partial charge in [-0.15, -0.1) is 0 Å². The highest BCUT2D eigenvalue weighted by Crippen LogP contribution is 2.43. The van der Waals surface area contributed by atoms with Gasteiger partial charge in [0.2, 0.25) is 0 Å². The molecule has 5 nitrogen and oxygen atoms in total. The molecule has 1 unspecified atom stereocenters. The zero-order valence-electron chi connectivity index (χ0n) is 18.1. The molecular weight excluding hydrogens is 499 g/mol. The molecule has 0 radical (unpaired) electrons. The Morgan fingerprint density at radius 1 is 0.886 bits per heavy atom. The van der Waals surface area contributed by atoms with Crippen LogP contribution in [0.5, 0.6) is 0 Å². The molecule has 1 aromatic heterocycles. The van der Waals surface area contributed by atoms with Crippen LogP contribution in [-0.2, 0) is 0 Å². The highest BCUT2D eigenvalue weighted by molar-refractivity contribution is 8.00. The van der Waals surface area contributed by atoms with Crippen LogP contribution in [0.4, 0.5) is 5.82 Å². The van der Waals surface area contributed by atoms with Crippen molar-refractivity contribution in [3.63, 3.8) is 0 Å². The lowest BCUT2D eigenvalue weighted by Crippen LogP contribution is -2.12. The Labute approximate surface area is 216 Å². The standard InChI is InChI=1S/C27H16Cl2N4OS/c28-19-11-9-16(10-12-19)24(34)25(17-5-2-1-3-6-17)35-27-22(15-31)23(21(14-30)26(32)33-27)18-7-4-8-20(29)13-18/h1-13,25H,(H2,32,33). The van der Waals surface area contributed by atoms with Crippen molar-refractivity contribution in [2.45, 2.75) is 10.3 Å². The fraction of sp³-hybridized carbons (Fsp3) is 0.0370. The molecule has 3 aromatic carbocycles. The number of hydrogen-bond donors (Lipinski definition) is 1. The molecule has 0 saturated heterocycles. The number of ketones is 1. The smallest absolute Gasteiger partial charge is 0.180 e. The highest BCUT2D eigenvalue weighted by Gasteiger charge is 2.28. The first kappa shape index (κ1) is 24.3. The number of nitrogens with zero attached hydrogens (tertiary/aromatic N) is 3. The third-order valence-electron chi connectivity index (χ3n) is 5.23. The molecule has 35 heavy (non-hydrogen) atoms. The molecule has 1 atom stereocenters. The van der Waals surface area contributed by atoms with E-state index in [1.54, 1.807) is 48.5 Å². The van der Waals surface area contributed by atoms with Gasteiger partial charge < -0.3 is 5.73 Å². The van der Waals surface area contributed by atoms with E-state index in [9.17, 15) is 15.3 Å². The molecule has 4 aromatic rings. The predicted octanol–water partition coefficient (Wildman–Crippen LogP) is 7.10. The van der Waals surface area contributed by atoms with E-state index in [4.69, 9.17) is 28.9 Å². The molecule has 0 aliphatic rings. The molecule has 0 spiro atoms. The van der Waals surface area contributed by atoms with Gasteiger partial charge in [-0.05, 0) is 47.5 Å². The lowest BCUT2D eigenvalue weighted by molar-refractivity contribution is 0.0989. The lowest BCUT2D eigenvalue weighted by atomic mass is 9.97. The molecule has 1 heterocycles. The number of anilines is 1. The third-order valence-corrected chi connectivity index (χ3v) is 6.96. The van der Waals surface area contributed by atoms with Gasteiger partial charge in [0.25, 0.3) is 0 Å². The van der Waals surface area contributed by atoms with Crippen molar-refractivity contribution in [3.05, 3.63) is 111 Å². The van der Waals surface area contributed by atoms with E-state index in [1.807, 2.05) is 30.3 Å². The van der Waals surface area contributed by atoms with Crippen LogP contribution in [0.1, 0.15) is 32.3 Å². The number of pyridine rings is 1. The van der Waals surface area contributed by atoms with Crippen molar-refractivity contribution < 1.29 is 4.79 Å². The number of rotatable bonds is 6. The van der Waals surface area contributed by atoms with Crippen LogP contribution in [0.25, 0.3) is 11.1 Å². The first-order chi connectivity index (χ1) is 16.9. The summed E-state index contributed by atoms with van der Waals surface area (Å²) in [4.78, 5) is 18.0. The number of thioether (sulfide) groups is 1. The first-order valence-corrected chi connectivity index (χ1v) is 12.0. The Morgan fingerprint density at radius 2 is 1.57 bits per heavy atom. The van der Waals surface area contributed by atoms with Gasteiger partial charge in [-0.1, -0.05) is 77.4 Å². The molecule has 4 rings (SSSR count). The summed E-state index contributed by atoms with van der Waals surface area (Å²) in [5, 5.41) is 20.4. The normalized spacial score (nSPS) is 11.3. The monoisotopic (exact) mass is 514 g/mol. The average molecular weight is 515 g/mol. The van der Waals surface area contributed by atoms with E-state index >= 15 is 0 Å². The van der Waals surface area contributed by atoms with Gasteiger partial charge in [0.1, 0.15) is 28.5 Å². The predicted molar refractivity (Wildman–Crippen MR) is 139 cm³/mol. The van der Waals surface area contributed by atoms with Crippen molar-refractivity contribution in [2.24, 2.45) is 0 Å². The molecule has 0 amide bonds. The number of nitrogens with two attached hydrogens (primary N) is 1. The van der Waals surface area contributed by atoms with Crippen molar-refractivity contribution in [1.29, 1.82) is 10.5 Å². The van der Waals surface area contributed by atoms with E-state index in [1.165, 1.54) is 0 Å². The van der Waals surface area contributed by atoms with Crippen LogP contribution < -0.4 is 5.73 Å². The molecule has 0 aliphatic carbocycles. The zero-order valence-corrected chi connectivity index (χ0v) is 20.4. The summed E-state index contributed by atoms with van der Waals surface area (Å²) in [6.07, 6.45) is 0. The van der Waals surface area contributed by atoms with Gasteiger partial charge in [-0.2, -0.15) is 10.5 Å². The Kier molecular flexibility index (Phi) is 7.39. The Morgan fingerprint density at radius 3 is 2.20 bits per heavy atom. The quantitative estimate of drug-likeness (QED) is 0.217. The third kappa shape index (κ3) is 5.16. The summed E-state index contributed by atoms with van der Waals surface area (Å²) in [6.45, 7) is 0. The summed E-state index contributed by atoms with van der Waals surface area (Å²) in [5.74, 6) is -0.217. The topological polar surface area (TPSA) is 104 Å². The second kappa shape index (κ2) is 10.6. The van der Waals surface area contributed by atoms with Gasteiger partial charge in [0.15, 0.2) is 5.78 Å². The second-order valence-corrected chi connectivity index (χ2v) is 9.41. The molecular formula is C27H16Cl2N4OS. The number of aromatic nitrogens is 1. The largest absolute Gasteiger partial charge is 0.383 e. The number of carbonyl (C=O) groups is 1. The van der Waals surface area contributed by atoms with Crippen LogP contribution in [0.15, 0.2) is 83.9 Å². The van der Waals surface area contributed by atoms with E-state index < -0.39 is 5.25 Å². The Balaban J connectivity index is 1.89. The van der Waals surface area contributed by atoms with E-state index in [0.29, 0.717) is 26.7 Å². The van der Waals surface area contributed by atoms with Crippen molar-refractivity contribution in [1.82, 2.24) is 4.98 Å². The Hall–Kier alpha value is -3.81. The van der Waals surface area contributed by atoms with Crippen molar-refractivity contribution in [3.8, 4) is 23.3 Å². The molecule has 0 fully saturated rings. The minimum atomic E-state index is -0.725.